The maximum absolute atomic E-state index is 11.9. The number of rotatable bonds is 3. The molecule has 0 spiro atoms. The van der Waals surface area contributed by atoms with E-state index in [4.69, 9.17) is 9.47 Å². The van der Waals surface area contributed by atoms with Crippen molar-refractivity contribution in [1.82, 2.24) is 10.6 Å². The van der Waals surface area contributed by atoms with Crippen LogP contribution in [0.25, 0.3) is 0 Å². The number of guanidine groups is 1. The summed E-state index contributed by atoms with van der Waals surface area (Å²) in [6.07, 6.45) is 0.940. The lowest BCUT2D eigenvalue weighted by molar-refractivity contribution is -0.120. The second kappa shape index (κ2) is 4.79. The molecule has 0 bridgehead atoms. The van der Waals surface area contributed by atoms with Crippen LogP contribution in [-0.4, -0.2) is 25.2 Å². The lowest BCUT2D eigenvalue weighted by atomic mass is 10.1. The SMILES string of the molecule is CCCN=C1NC(=O)C(c2ccc3c(c2)OCO3)N1. The van der Waals surface area contributed by atoms with E-state index in [1.165, 1.54) is 0 Å². The summed E-state index contributed by atoms with van der Waals surface area (Å²) in [6, 6.07) is 5.06. The Morgan fingerprint density at radius 1 is 1.37 bits per heavy atom. The number of nitrogens with zero attached hydrogens (tertiary/aromatic N) is 1. The van der Waals surface area contributed by atoms with E-state index in [0.29, 0.717) is 24.0 Å². The normalized spacial score (nSPS) is 22.5. The molecular weight excluding hydrogens is 246 g/mol. The van der Waals surface area contributed by atoms with Gasteiger partial charge in [-0.2, -0.15) is 0 Å². The highest BCUT2D eigenvalue weighted by Crippen LogP contribution is 2.34. The molecule has 3 rings (SSSR count). The molecule has 2 N–H and O–H groups in total. The fourth-order valence-corrected chi connectivity index (χ4v) is 2.06. The molecular formula is C13H15N3O3. The lowest BCUT2D eigenvalue weighted by Gasteiger charge is -2.08. The summed E-state index contributed by atoms with van der Waals surface area (Å²) in [5.41, 5.74) is 0.837. The van der Waals surface area contributed by atoms with Crippen LogP contribution in [0.3, 0.4) is 0 Å². The molecule has 1 unspecified atom stereocenters. The molecule has 1 aromatic rings. The van der Waals surface area contributed by atoms with Crippen molar-refractivity contribution in [3.63, 3.8) is 0 Å². The number of amides is 1. The van der Waals surface area contributed by atoms with Gasteiger partial charge in [0.1, 0.15) is 6.04 Å². The van der Waals surface area contributed by atoms with Crippen molar-refractivity contribution in [2.45, 2.75) is 19.4 Å². The number of hydrogen-bond acceptors (Lipinski definition) is 4. The highest BCUT2D eigenvalue weighted by molar-refractivity contribution is 6.06. The van der Waals surface area contributed by atoms with Crippen LogP contribution < -0.4 is 20.1 Å². The van der Waals surface area contributed by atoms with E-state index in [-0.39, 0.29) is 12.7 Å². The molecule has 2 aliphatic rings. The summed E-state index contributed by atoms with van der Waals surface area (Å²) in [7, 11) is 0. The van der Waals surface area contributed by atoms with Gasteiger partial charge in [-0.05, 0) is 24.1 Å². The summed E-state index contributed by atoms with van der Waals surface area (Å²) in [6.45, 7) is 2.96. The Morgan fingerprint density at radius 3 is 3.05 bits per heavy atom. The van der Waals surface area contributed by atoms with Crippen molar-refractivity contribution in [2.24, 2.45) is 4.99 Å². The minimum absolute atomic E-state index is 0.103. The van der Waals surface area contributed by atoms with Gasteiger partial charge < -0.3 is 14.8 Å². The molecule has 1 amide bonds. The monoisotopic (exact) mass is 261 g/mol. The van der Waals surface area contributed by atoms with E-state index in [1.54, 1.807) is 0 Å². The Kier molecular flexibility index (Phi) is 2.98. The van der Waals surface area contributed by atoms with Crippen molar-refractivity contribution in [2.75, 3.05) is 13.3 Å². The van der Waals surface area contributed by atoms with Crippen molar-refractivity contribution in [1.29, 1.82) is 0 Å². The van der Waals surface area contributed by atoms with Crippen molar-refractivity contribution in [3.05, 3.63) is 23.8 Å². The zero-order chi connectivity index (χ0) is 13.2. The molecule has 1 fully saturated rings. The highest BCUT2D eigenvalue weighted by Gasteiger charge is 2.30. The first kappa shape index (κ1) is 11.8. The van der Waals surface area contributed by atoms with Crippen LogP contribution in [0.1, 0.15) is 24.9 Å². The Morgan fingerprint density at radius 2 is 2.21 bits per heavy atom. The van der Waals surface area contributed by atoms with Gasteiger partial charge in [-0.15, -0.1) is 0 Å². The number of ether oxygens (including phenoxy) is 2. The Hall–Kier alpha value is -2.24. The molecule has 0 radical (unpaired) electrons. The van der Waals surface area contributed by atoms with Gasteiger partial charge in [-0.25, -0.2) is 0 Å². The van der Waals surface area contributed by atoms with Gasteiger partial charge in [0, 0.05) is 6.54 Å². The van der Waals surface area contributed by atoms with Crippen LogP contribution in [0, 0.1) is 0 Å². The van der Waals surface area contributed by atoms with Gasteiger partial charge in [-0.1, -0.05) is 13.0 Å². The van der Waals surface area contributed by atoms with Crippen LogP contribution in [0.15, 0.2) is 23.2 Å². The van der Waals surface area contributed by atoms with Crippen molar-refractivity contribution >= 4 is 11.9 Å². The maximum Gasteiger partial charge on any atom is 0.253 e. The van der Waals surface area contributed by atoms with E-state index in [1.807, 2.05) is 25.1 Å². The number of carbonyl (C=O) groups is 1. The second-order valence-electron chi connectivity index (χ2n) is 4.41. The predicted octanol–water partition coefficient (Wildman–Crippen LogP) is 0.942. The zero-order valence-electron chi connectivity index (χ0n) is 10.6. The zero-order valence-corrected chi connectivity index (χ0v) is 10.6. The van der Waals surface area contributed by atoms with Gasteiger partial charge in [-0.3, -0.25) is 15.1 Å². The molecule has 1 atom stereocenters. The van der Waals surface area contributed by atoms with Crippen LogP contribution in [0.4, 0.5) is 0 Å². The first-order valence-corrected chi connectivity index (χ1v) is 6.29. The third kappa shape index (κ3) is 2.21. The number of carbonyl (C=O) groups excluding carboxylic acids is 1. The Labute approximate surface area is 110 Å². The molecule has 2 aliphatic heterocycles. The molecule has 1 saturated heterocycles. The third-order valence-electron chi connectivity index (χ3n) is 3.01. The maximum atomic E-state index is 11.9. The first-order valence-electron chi connectivity index (χ1n) is 6.29. The van der Waals surface area contributed by atoms with E-state index in [0.717, 1.165) is 12.0 Å². The molecule has 6 heteroatoms. The predicted molar refractivity (Wildman–Crippen MR) is 69.2 cm³/mol. The van der Waals surface area contributed by atoms with Crippen LogP contribution in [0.2, 0.25) is 0 Å². The lowest BCUT2D eigenvalue weighted by Crippen LogP contribution is -2.25. The van der Waals surface area contributed by atoms with Gasteiger partial charge in [0.15, 0.2) is 17.5 Å². The van der Waals surface area contributed by atoms with Gasteiger partial charge in [0.25, 0.3) is 5.91 Å². The van der Waals surface area contributed by atoms with Crippen LogP contribution >= 0.6 is 0 Å². The average Bonchev–Trinajstić information content (AvgIpc) is 3.01. The largest absolute Gasteiger partial charge is 0.454 e. The number of fused-ring (bicyclic) bond motifs is 1. The summed E-state index contributed by atoms with van der Waals surface area (Å²) in [5.74, 6) is 1.82. The molecule has 0 saturated carbocycles. The van der Waals surface area contributed by atoms with Gasteiger partial charge in [0.05, 0.1) is 0 Å². The molecule has 0 aliphatic carbocycles. The van der Waals surface area contributed by atoms with E-state index >= 15 is 0 Å². The third-order valence-corrected chi connectivity index (χ3v) is 3.01. The number of benzene rings is 1. The second-order valence-corrected chi connectivity index (χ2v) is 4.41. The van der Waals surface area contributed by atoms with E-state index in [2.05, 4.69) is 15.6 Å². The molecule has 19 heavy (non-hydrogen) atoms. The molecule has 2 heterocycles. The highest BCUT2D eigenvalue weighted by atomic mass is 16.7. The molecule has 6 nitrogen and oxygen atoms in total. The summed E-state index contributed by atoms with van der Waals surface area (Å²) in [4.78, 5) is 16.2. The van der Waals surface area contributed by atoms with Gasteiger partial charge in [0.2, 0.25) is 6.79 Å². The molecule has 1 aromatic carbocycles. The van der Waals surface area contributed by atoms with E-state index in [9.17, 15) is 4.79 Å². The van der Waals surface area contributed by atoms with Crippen molar-refractivity contribution in [3.8, 4) is 11.5 Å². The summed E-state index contributed by atoms with van der Waals surface area (Å²) < 4.78 is 10.6. The van der Waals surface area contributed by atoms with Crippen LogP contribution in [-0.2, 0) is 4.79 Å². The smallest absolute Gasteiger partial charge is 0.253 e. The number of aliphatic imine (C=N–C) groups is 1. The standard InChI is InChI=1S/C13H15N3O3/c1-2-5-14-13-15-11(12(17)16-13)8-3-4-9-10(6-8)19-7-18-9/h3-4,6,11H,2,5,7H2,1H3,(H2,14,15,16,17). The first-order chi connectivity index (χ1) is 9.28. The summed E-state index contributed by atoms with van der Waals surface area (Å²) >= 11 is 0. The number of nitrogens with one attached hydrogen (secondary N) is 2. The number of hydrogen-bond donors (Lipinski definition) is 2. The van der Waals surface area contributed by atoms with Crippen LogP contribution in [0.5, 0.6) is 11.5 Å². The van der Waals surface area contributed by atoms with Gasteiger partial charge >= 0.3 is 0 Å². The minimum Gasteiger partial charge on any atom is -0.454 e. The fraction of sp³-hybridized carbons (Fsp3) is 0.385. The fourth-order valence-electron chi connectivity index (χ4n) is 2.06. The Bertz CT molecular complexity index is 542. The average molecular weight is 261 g/mol. The molecule has 0 aromatic heterocycles. The molecule has 100 valence electrons. The van der Waals surface area contributed by atoms with E-state index < -0.39 is 6.04 Å². The quantitative estimate of drug-likeness (QED) is 0.849. The minimum atomic E-state index is -0.426. The Balaban J connectivity index is 1.81. The summed E-state index contributed by atoms with van der Waals surface area (Å²) in [5, 5.41) is 5.81. The topological polar surface area (TPSA) is 72.0 Å². The van der Waals surface area contributed by atoms with Crippen molar-refractivity contribution < 1.29 is 14.3 Å².